The van der Waals surface area contributed by atoms with Crippen molar-refractivity contribution in [3.63, 3.8) is 0 Å². The molecule has 2 aromatic rings. The molecule has 0 spiro atoms. The van der Waals surface area contributed by atoms with Crippen LogP contribution in [0.25, 0.3) is 10.9 Å². The predicted molar refractivity (Wildman–Crippen MR) is 124 cm³/mol. The summed E-state index contributed by atoms with van der Waals surface area (Å²) in [6.45, 7) is 16.1. The first-order valence-corrected chi connectivity index (χ1v) is 13.2. The average molecular weight is 473 g/mol. The summed E-state index contributed by atoms with van der Waals surface area (Å²) < 4.78 is 41.0. The first-order chi connectivity index (χ1) is 14.7. The standard InChI is InChI=1S/C21H34N2OSi.C2HF3O2/c1-14(2)25(15(3)4,16(5)6)24-17-8-9-20-19(12-17)18-10-11-22-13-21(18)23(20)7;3-2(4,5)1(6)7/h8-9,12,14-16,22H,10-11,13H2,1-7H3;(H,6,7). The molecule has 0 fully saturated rings. The zero-order chi connectivity index (χ0) is 24.4. The molecule has 0 aliphatic carbocycles. The summed E-state index contributed by atoms with van der Waals surface area (Å²) in [5, 5.41) is 12.0. The van der Waals surface area contributed by atoms with Crippen LogP contribution in [0.1, 0.15) is 52.8 Å². The van der Waals surface area contributed by atoms with Gasteiger partial charge in [-0.15, -0.1) is 0 Å². The molecule has 1 aliphatic heterocycles. The number of alkyl halides is 3. The quantitative estimate of drug-likeness (QED) is 0.523. The number of rotatable bonds is 5. The lowest BCUT2D eigenvalue weighted by Crippen LogP contribution is -2.50. The second-order valence-electron chi connectivity index (χ2n) is 9.31. The number of carboxylic acids is 1. The Kier molecular flexibility index (Phi) is 8.09. The largest absolute Gasteiger partial charge is 0.543 e. The normalized spacial score (nSPS) is 14.5. The van der Waals surface area contributed by atoms with E-state index in [0.717, 1.165) is 25.3 Å². The van der Waals surface area contributed by atoms with Gasteiger partial charge >= 0.3 is 12.1 Å². The van der Waals surface area contributed by atoms with Gasteiger partial charge in [-0.25, -0.2) is 4.79 Å². The summed E-state index contributed by atoms with van der Waals surface area (Å²) in [5.74, 6) is -1.69. The number of aliphatic carboxylic acids is 1. The van der Waals surface area contributed by atoms with Crippen LogP contribution in [0.5, 0.6) is 5.75 Å². The first kappa shape index (κ1) is 26.3. The van der Waals surface area contributed by atoms with E-state index in [2.05, 4.69) is 76.7 Å². The van der Waals surface area contributed by atoms with E-state index in [1.165, 1.54) is 22.2 Å². The third kappa shape index (κ3) is 5.14. The molecule has 0 unspecified atom stereocenters. The van der Waals surface area contributed by atoms with Crippen LogP contribution in [0, 0.1) is 0 Å². The Morgan fingerprint density at radius 3 is 2.12 bits per heavy atom. The lowest BCUT2D eigenvalue weighted by Gasteiger charge is -2.42. The number of aryl methyl sites for hydroxylation is 1. The molecule has 3 rings (SSSR count). The maximum absolute atomic E-state index is 10.6. The van der Waals surface area contributed by atoms with Crippen LogP contribution in [0.4, 0.5) is 13.2 Å². The van der Waals surface area contributed by atoms with E-state index < -0.39 is 20.5 Å². The Morgan fingerprint density at radius 1 is 1.12 bits per heavy atom. The molecule has 32 heavy (non-hydrogen) atoms. The smallest absolute Gasteiger partial charge is 0.490 e. The number of hydrogen-bond acceptors (Lipinski definition) is 3. The Balaban J connectivity index is 0.000000451. The van der Waals surface area contributed by atoms with Crippen molar-refractivity contribution in [3.05, 3.63) is 29.5 Å². The molecule has 0 atom stereocenters. The second-order valence-corrected chi connectivity index (χ2v) is 14.7. The molecule has 0 saturated heterocycles. The van der Waals surface area contributed by atoms with Crippen LogP contribution < -0.4 is 9.74 Å². The molecule has 2 N–H and O–H groups in total. The van der Waals surface area contributed by atoms with Gasteiger partial charge in [0.05, 0.1) is 0 Å². The highest BCUT2D eigenvalue weighted by Crippen LogP contribution is 2.43. The molecule has 1 aromatic carbocycles. The number of carboxylic acid groups (broad SMARTS) is 1. The average Bonchev–Trinajstić information content (AvgIpc) is 2.97. The zero-order valence-corrected chi connectivity index (χ0v) is 20.9. The lowest BCUT2D eigenvalue weighted by atomic mass is 10.0. The van der Waals surface area contributed by atoms with Crippen molar-refractivity contribution < 1.29 is 27.5 Å². The van der Waals surface area contributed by atoms with Crippen LogP contribution >= 0.6 is 0 Å². The number of aromatic nitrogens is 1. The van der Waals surface area contributed by atoms with Crippen LogP contribution in [0.2, 0.25) is 16.6 Å². The number of nitrogens with zero attached hydrogens (tertiary/aromatic N) is 1. The number of hydrogen-bond donors (Lipinski definition) is 2. The molecule has 9 heteroatoms. The number of carbonyl (C=O) groups is 1. The first-order valence-electron chi connectivity index (χ1n) is 11.0. The van der Waals surface area contributed by atoms with Crippen molar-refractivity contribution in [2.75, 3.05) is 6.54 Å². The van der Waals surface area contributed by atoms with Crippen molar-refractivity contribution in [2.24, 2.45) is 7.05 Å². The van der Waals surface area contributed by atoms with Crippen LogP contribution in [-0.4, -0.2) is 36.7 Å². The summed E-state index contributed by atoms with van der Waals surface area (Å²) >= 11 is 0. The fraction of sp³-hybridized carbons (Fsp3) is 0.609. The van der Waals surface area contributed by atoms with E-state index in [1.807, 2.05) is 0 Å². The molecule has 2 heterocycles. The minimum atomic E-state index is -5.08. The van der Waals surface area contributed by atoms with Crippen LogP contribution in [-0.2, 0) is 24.8 Å². The Hall–Kier alpha value is -2.00. The maximum atomic E-state index is 10.6. The zero-order valence-electron chi connectivity index (χ0n) is 19.9. The summed E-state index contributed by atoms with van der Waals surface area (Å²) in [7, 11) is 0.281. The minimum Gasteiger partial charge on any atom is -0.543 e. The van der Waals surface area contributed by atoms with Crippen LogP contribution in [0.3, 0.4) is 0 Å². The molecule has 0 bridgehead atoms. The van der Waals surface area contributed by atoms with E-state index in [4.69, 9.17) is 14.3 Å². The lowest BCUT2D eigenvalue weighted by molar-refractivity contribution is -0.192. The highest BCUT2D eigenvalue weighted by molar-refractivity contribution is 6.78. The molecule has 0 amide bonds. The summed E-state index contributed by atoms with van der Waals surface area (Å²) in [6, 6.07) is 6.76. The third-order valence-electron chi connectivity index (χ3n) is 6.50. The second kappa shape index (κ2) is 9.87. The molecule has 0 saturated carbocycles. The van der Waals surface area contributed by atoms with E-state index in [9.17, 15) is 13.2 Å². The number of halogens is 3. The molecule has 5 nitrogen and oxygen atoms in total. The topological polar surface area (TPSA) is 63.5 Å². The van der Waals surface area contributed by atoms with E-state index in [1.54, 1.807) is 0 Å². The van der Waals surface area contributed by atoms with Gasteiger partial charge in [-0.2, -0.15) is 13.2 Å². The number of fused-ring (bicyclic) bond motifs is 3. The highest BCUT2D eigenvalue weighted by Gasteiger charge is 2.47. The van der Waals surface area contributed by atoms with E-state index in [0.29, 0.717) is 16.6 Å². The van der Waals surface area contributed by atoms with Crippen molar-refractivity contribution >= 4 is 25.2 Å². The predicted octanol–water partition coefficient (Wildman–Crippen LogP) is 6.01. The SMILES string of the molecule is CC(C)[Si](Oc1ccc2c(c1)c1c(n2C)CNCC1)(C(C)C)C(C)C.O=C(O)C(F)(F)F. The van der Waals surface area contributed by atoms with E-state index in [-0.39, 0.29) is 0 Å². The van der Waals surface area contributed by atoms with Crippen molar-refractivity contribution in [1.29, 1.82) is 0 Å². The van der Waals surface area contributed by atoms with Crippen molar-refractivity contribution in [3.8, 4) is 5.75 Å². The van der Waals surface area contributed by atoms with Gasteiger partial charge in [0, 0.05) is 30.2 Å². The fourth-order valence-corrected chi connectivity index (χ4v) is 10.3. The Bertz CT molecular complexity index is 930. The molecule has 1 aliphatic rings. The minimum absolute atomic E-state index is 0.595. The third-order valence-corrected chi connectivity index (χ3v) is 12.5. The van der Waals surface area contributed by atoms with Gasteiger partial charge in [0.25, 0.3) is 8.32 Å². The maximum Gasteiger partial charge on any atom is 0.490 e. The van der Waals surface area contributed by atoms with Crippen molar-refractivity contribution in [1.82, 2.24) is 9.88 Å². The van der Waals surface area contributed by atoms with Gasteiger partial charge in [0.1, 0.15) is 5.75 Å². The Labute approximate surface area is 189 Å². The monoisotopic (exact) mass is 472 g/mol. The van der Waals surface area contributed by atoms with Gasteiger partial charge in [-0.3, -0.25) is 0 Å². The van der Waals surface area contributed by atoms with Crippen molar-refractivity contribution in [2.45, 2.75) is 77.3 Å². The highest BCUT2D eigenvalue weighted by atomic mass is 28.4. The summed E-state index contributed by atoms with van der Waals surface area (Å²) in [4.78, 5) is 8.90. The van der Waals surface area contributed by atoms with Gasteiger partial charge in [0.2, 0.25) is 0 Å². The van der Waals surface area contributed by atoms with Gasteiger partial charge in [0.15, 0.2) is 0 Å². The Morgan fingerprint density at radius 2 is 1.66 bits per heavy atom. The molecular weight excluding hydrogens is 437 g/mol. The number of benzene rings is 1. The number of nitrogens with one attached hydrogen (secondary N) is 1. The molecule has 0 radical (unpaired) electrons. The molecular formula is C23H35F3N2O3Si. The van der Waals surface area contributed by atoms with Gasteiger partial charge < -0.3 is 19.4 Å². The van der Waals surface area contributed by atoms with Gasteiger partial charge in [-0.1, -0.05) is 41.5 Å². The fourth-order valence-electron chi connectivity index (χ4n) is 5.10. The summed E-state index contributed by atoms with van der Waals surface area (Å²) in [5.41, 5.74) is 6.05. The molecule has 180 valence electrons. The van der Waals surface area contributed by atoms with Crippen LogP contribution in [0.15, 0.2) is 18.2 Å². The molecule has 1 aromatic heterocycles. The van der Waals surface area contributed by atoms with E-state index >= 15 is 0 Å². The summed E-state index contributed by atoms with van der Waals surface area (Å²) in [6.07, 6.45) is -3.97. The van der Waals surface area contributed by atoms with Gasteiger partial charge in [-0.05, 0) is 53.4 Å².